The second-order valence-corrected chi connectivity index (χ2v) is 4.75. The lowest BCUT2D eigenvalue weighted by molar-refractivity contribution is 0.542. The maximum Gasteiger partial charge on any atom is 0.0844 e. The lowest BCUT2D eigenvalue weighted by Gasteiger charge is -2.06. The summed E-state index contributed by atoms with van der Waals surface area (Å²) in [4.78, 5) is 0. The number of nitrogens with one attached hydrogen (secondary N) is 1. The molecular weight excluding hydrogens is 246 g/mol. The fraction of sp³-hybridized carbons (Fsp3) is 0.357. The predicted octanol–water partition coefficient (Wildman–Crippen LogP) is 2.94. The molecule has 0 saturated heterocycles. The summed E-state index contributed by atoms with van der Waals surface area (Å²) in [6.07, 6.45) is 0. The van der Waals surface area contributed by atoms with Crippen LogP contribution in [0.15, 0.2) is 30.3 Å². The van der Waals surface area contributed by atoms with Crippen molar-refractivity contribution >= 4 is 11.6 Å². The van der Waals surface area contributed by atoms with Gasteiger partial charge in [0.2, 0.25) is 0 Å². The van der Waals surface area contributed by atoms with E-state index in [1.807, 2.05) is 24.6 Å². The highest BCUT2D eigenvalue weighted by Gasteiger charge is 2.07. The highest BCUT2D eigenvalue weighted by molar-refractivity contribution is 6.31. The number of hydrogen-bond acceptors (Lipinski definition) is 2. The van der Waals surface area contributed by atoms with Crippen LogP contribution in [0, 0.1) is 13.8 Å². The minimum Gasteiger partial charge on any atom is -0.311 e. The van der Waals surface area contributed by atoms with E-state index in [-0.39, 0.29) is 0 Å². The van der Waals surface area contributed by atoms with Crippen LogP contribution < -0.4 is 5.32 Å². The van der Waals surface area contributed by atoms with Gasteiger partial charge in [-0.3, -0.25) is 4.68 Å². The Bertz CT molecular complexity index is 505. The molecule has 2 rings (SSSR count). The van der Waals surface area contributed by atoms with Crippen LogP contribution in [0.25, 0.3) is 0 Å². The van der Waals surface area contributed by atoms with E-state index < -0.39 is 0 Å². The normalized spacial score (nSPS) is 10.8. The predicted molar refractivity (Wildman–Crippen MR) is 74.9 cm³/mol. The molecule has 18 heavy (non-hydrogen) atoms. The number of rotatable bonds is 5. The third-order valence-electron chi connectivity index (χ3n) is 2.97. The Kier molecular flexibility index (Phi) is 4.39. The summed E-state index contributed by atoms with van der Waals surface area (Å²) >= 11 is 6.10. The van der Waals surface area contributed by atoms with Gasteiger partial charge in [-0.2, -0.15) is 5.10 Å². The Morgan fingerprint density at radius 2 is 1.94 bits per heavy atom. The van der Waals surface area contributed by atoms with Gasteiger partial charge < -0.3 is 5.32 Å². The third kappa shape index (κ3) is 3.12. The van der Waals surface area contributed by atoms with Crippen LogP contribution in [0.2, 0.25) is 5.02 Å². The Morgan fingerprint density at radius 3 is 2.56 bits per heavy atom. The molecule has 0 fully saturated rings. The average molecular weight is 264 g/mol. The summed E-state index contributed by atoms with van der Waals surface area (Å²) in [5.74, 6) is 0. The minimum absolute atomic E-state index is 0.776. The number of nitrogens with zero attached hydrogens (tertiary/aromatic N) is 2. The molecule has 3 nitrogen and oxygen atoms in total. The second kappa shape index (κ2) is 6.03. The summed E-state index contributed by atoms with van der Waals surface area (Å²) < 4.78 is 1.95. The Balaban J connectivity index is 1.80. The highest BCUT2D eigenvalue weighted by atomic mass is 35.5. The van der Waals surface area contributed by atoms with Crippen LogP contribution in [0.1, 0.15) is 17.0 Å². The minimum atomic E-state index is 0.776. The quantitative estimate of drug-likeness (QED) is 0.841. The molecule has 0 aliphatic rings. The largest absolute Gasteiger partial charge is 0.311 e. The van der Waals surface area contributed by atoms with E-state index in [1.165, 1.54) is 5.56 Å². The van der Waals surface area contributed by atoms with Crippen molar-refractivity contribution in [1.82, 2.24) is 15.1 Å². The van der Waals surface area contributed by atoms with Crippen LogP contribution in [0.5, 0.6) is 0 Å². The van der Waals surface area contributed by atoms with Crippen molar-refractivity contribution in [3.63, 3.8) is 0 Å². The zero-order chi connectivity index (χ0) is 13.0. The van der Waals surface area contributed by atoms with Gasteiger partial charge in [-0.1, -0.05) is 41.9 Å². The zero-order valence-electron chi connectivity index (χ0n) is 10.8. The van der Waals surface area contributed by atoms with E-state index in [2.05, 4.69) is 34.7 Å². The second-order valence-electron chi connectivity index (χ2n) is 4.37. The maximum atomic E-state index is 6.10. The monoisotopic (exact) mass is 263 g/mol. The smallest absolute Gasteiger partial charge is 0.0844 e. The average Bonchev–Trinajstić information content (AvgIpc) is 2.64. The fourth-order valence-corrected chi connectivity index (χ4v) is 2.04. The molecule has 0 bridgehead atoms. The lowest BCUT2D eigenvalue weighted by atomic mass is 10.2. The Labute approximate surface area is 113 Å². The molecule has 2 aromatic rings. The molecule has 0 aliphatic carbocycles. The third-order valence-corrected chi connectivity index (χ3v) is 3.51. The van der Waals surface area contributed by atoms with Gasteiger partial charge in [-0.25, -0.2) is 0 Å². The highest BCUT2D eigenvalue weighted by Crippen LogP contribution is 2.18. The van der Waals surface area contributed by atoms with Crippen molar-refractivity contribution < 1.29 is 0 Å². The first-order valence-corrected chi connectivity index (χ1v) is 6.50. The van der Waals surface area contributed by atoms with Gasteiger partial charge in [0.25, 0.3) is 0 Å². The number of benzene rings is 1. The molecule has 0 aliphatic heterocycles. The molecular formula is C14H18ClN3. The number of aromatic nitrogens is 2. The van der Waals surface area contributed by atoms with Crippen molar-refractivity contribution in [3.05, 3.63) is 52.3 Å². The first-order valence-electron chi connectivity index (χ1n) is 6.12. The molecule has 1 heterocycles. The van der Waals surface area contributed by atoms with E-state index in [0.29, 0.717) is 0 Å². The van der Waals surface area contributed by atoms with Crippen LogP contribution in [0.4, 0.5) is 0 Å². The van der Waals surface area contributed by atoms with Crippen LogP contribution in [-0.4, -0.2) is 16.3 Å². The van der Waals surface area contributed by atoms with Gasteiger partial charge in [-0.05, 0) is 19.4 Å². The first-order chi connectivity index (χ1) is 8.68. The molecule has 4 heteroatoms. The van der Waals surface area contributed by atoms with Gasteiger partial charge in [-0.15, -0.1) is 0 Å². The van der Waals surface area contributed by atoms with Crippen molar-refractivity contribution in [2.24, 2.45) is 0 Å². The summed E-state index contributed by atoms with van der Waals surface area (Å²) in [5.41, 5.74) is 3.23. The summed E-state index contributed by atoms with van der Waals surface area (Å²) in [7, 11) is 0. The van der Waals surface area contributed by atoms with E-state index in [9.17, 15) is 0 Å². The molecule has 0 atom stereocenters. The van der Waals surface area contributed by atoms with Gasteiger partial charge in [0.1, 0.15) is 0 Å². The molecule has 1 aromatic heterocycles. The molecule has 0 unspecified atom stereocenters. The van der Waals surface area contributed by atoms with Gasteiger partial charge >= 0.3 is 0 Å². The topological polar surface area (TPSA) is 29.9 Å². The molecule has 0 saturated carbocycles. The van der Waals surface area contributed by atoms with E-state index in [0.717, 1.165) is 36.0 Å². The number of hydrogen-bond donors (Lipinski definition) is 1. The lowest BCUT2D eigenvalue weighted by Crippen LogP contribution is -2.20. The first kappa shape index (κ1) is 13.1. The van der Waals surface area contributed by atoms with Crippen LogP contribution in [0.3, 0.4) is 0 Å². The van der Waals surface area contributed by atoms with Crippen molar-refractivity contribution in [1.29, 1.82) is 0 Å². The van der Waals surface area contributed by atoms with Gasteiger partial charge in [0.05, 0.1) is 23.0 Å². The number of halogens is 1. The molecule has 0 amide bonds. The van der Waals surface area contributed by atoms with Crippen molar-refractivity contribution in [2.75, 3.05) is 6.54 Å². The molecule has 1 N–H and O–H groups in total. The maximum absolute atomic E-state index is 6.10. The molecule has 1 aromatic carbocycles. The standard InChI is InChI=1S/C14H18ClN3/c1-11-14(15)12(2)18(17-11)9-8-16-10-13-6-4-3-5-7-13/h3-7,16H,8-10H2,1-2H3. The fourth-order valence-electron chi connectivity index (χ4n) is 1.91. The summed E-state index contributed by atoms with van der Waals surface area (Å²) in [5, 5.41) is 8.58. The van der Waals surface area contributed by atoms with E-state index in [4.69, 9.17) is 11.6 Å². The molecule has 0 spiro atoms. The SMILES string of the molecule is Cc1nn(CCNCc2ccccc2)c(C)c1Cl. The van der Waals surface area contributed by atoms with E-state index >= 15 is 0 Å². The van der Waals surface area contributed by atoms with Crippen LogP contribution in [-0.2, 0) is 13.1 Å². The number of aryl methyl sites for hydroxylation is 1. The summed E-state index contributed by atoms with van der Waals surface area (Å²) in [6, 6.07) is 10.4. The molecule has 96 valence electrons. The zero-order valence-corrected chi connectivity index (χ0v) is 11.5. The summed E-state index contributed by atoms with van der Waals surface area (Å²) in [6.45, 7) is 6.54. The van der Waals surface area contributed by atoms with Gasteiger partial charge in [0, 0.05) is 13.1 Å². The van der Waals surface area contributed by atoms with Gasteiger partial charge in [0.15, 0.2) is 0 Å². The van der Waals surface area contributed by atoms with Crippen molar-refractivity contribution in [2.45, 2.75) is 26.9 Å². The Hall–Kier alpha value is -1.32. The van der Waals surface area contributed by atoms with Crippen molar-refractivity contribution in [3.8, 4) is 0 Å². The molecule has 0 radical (unpaired) electrons. The van der Waals surface area contributed by atoms with E-state index in [1.54, 1.807) is 0 Å². The van der Waals surface area contributed by atoms with Crippen LogP contribution >= 0.6 is 11.6 Å². The Morgan fingerprint density at radius 1 is 1.22 bits per heavy atom.